The molecule has 2 aromatic heterocycles. The number of hydrogen-bond acceptors (Lipinski definition) is 14. The van der Waals surface area contributed by atoms with Gasteiger partial charge in [-0.3, -0.25) is 42.1 Å². The number of ether oxygens (including phenoxy) is 1. The number of aliphatic hydroxyl groups excluding tert-OH is 5. The molecule has 3 heterocycles. The zero-order chi connectivity index (χ0) is 29.5. The van der Waals surface area contributed by atoms with E-state index in [0.29, 0.717) is 0 Å². The highest BCUT2D eigenvalue weighted by atomic mass is 31.2. The first-order valence-corrected chi connectivity index (χ1v) is 13.1. The number of nitrogens with one attached hydrogen (secondary N) is 2. The molecule has 40 heavy (non-hydrogen) atoms. The SMILES string of the molecule is NC(N)=[NH+][C@@H]1[C@@H](O)[C@H](O)[C@@H](OP(=O)([O-])OC[C@H]2O[C@@H](n3cnc4c(N)ncnc43)[C@H](O)[C@@H]2O)[C@H]([NH+]=C(N)N)[C@H]1O. The maximum atomic E-state index is 12.7. The van der Waals surface area contributed by atoms with Crippen LogP contribution >= 0.6 is 7.82 Å². The smallest absolute Gasteiger partial charge is 0.339 e. The fourth-order valence-electron chi connectivity index (χ4n) is 4.59. The van der Waals surface area contributed by atoms with Crippen LogP contribution < -0.4 is 43.5 Å². The Kier molecular flexibility index (Phi) is 8.42. The minimum atomic E-state index is -5.37. The van der Waals surface area contributed by atoms with Crippen molar-refractivity contribution in [3.8, 4) is 0 Å². The molecule has 2 fully saturated rings. The standard InChI is InChI=1S/C18H30N11O10P/c19-14-7-15(25-2-24-14)29(3-26-7)16-12(34)8(30)4(38-16)1-37-40(35,36)39-13-6(28-18(22)23)9(31)5(27-17(20)21)10(32)11(13)33/h2-6,8-13,16,30-34H,1H2,(H,35,36)(H2,19,24,25)(H4,20,21,27)(H4,22,23,28)/p+1/t4-,5+,6-,8-,9+,10-,11+,12-,13+,16-/m1/s1. The predicted molar refractivity (Wildman–Crippen MR) is 128 cm³/mol. The number of phosphoric ester groups is 1. The van der Waals surface area contributed by atoms with Crippen molar-refractivity contribution in [3.05, 3.63) is 12.7 Å². The number of guanidine groups is 2. The molecule has 4 rings (SSSR count). The number of hydrogen-bond donors (Lipinski definition) is 12. The number of nitrogen functional groups attached to an aromatic ring is 1. The van der Waals surface area contributed by atoms with Crippen LogP contribution in [0.5, 0.6) is 0 Å². The summed E-state index contributed by atoms with van der Waals surface area (Å²) in [6, 6.07) is -2.90. The van der Waals surface area contributed by atoms with Gasteiger partial charge in [-0.1, -0.05) is 0 Å². The number of imidazole rings is 1. The maximum absolute atomic E-state index is 12.7. The van der Waals surface area contributed by atoms with E-state index >= 15 is 0 Å². The lowest BCUT2D eigenvalue weighted by atomic mass is 9.82. The van der Waals surface area contributed by atoms with Crippen molar-refractivity contribution in [3.63, 3.8) is 0 Å². The van der Waals surface area contributed by atoms with Crippen molar-refractivity contribution in [1.82, 2.24) is 19.5 Å². The first-order chi connectivity index (χ1) is 18.7. The molecular weight excluding hydrogens is 561 g/mol. The Morgan fingerprint density at radius 2 is 1.62 bits per heavy atom. The van der Waals surface area contributed by atoms with E-state index in [1.54, 1.807) is 0 Å². The van der Waals surface area contributed by atoms with E-state index in [1.165, 1.54) is 10.9 Å². The van der Waals surface area contributed by atoms with Crippen molar-refractivity contribution >= 4 is 36.7 Å². The molecule has 22 heteroatoms. The molecule has 0 spiro atoms. The minimum Gasteiger partial charge on any atom is -0.756 e. The third-order valence-electron chi connectivity index (χ3n) is 6.46. The number of nitrogens with zero attached hydrogens (tertiary/aromatic N) is 4. The van der Waals surface area contributed by atoms with Crippen LogP contribution in [0.1, 0.15) is 6.23 Å². The van der Waals surface area contributed by atoms with Gasteiger partial charge in [0, 0.05) is 0 Å². The fourth-order valence-corrected chi connectivity index (χ4v) is 5.53. The van der Waals surface area contributed by atoms with Gasteiger partial charge in [-0.2, -0.15) is 0 Å². The normalized spacial score (nSPS) is 35.8. The third kappa shape index (κ3) is 5.78. The van der Waals surface area contributed by atoms with Crippen molar-refractivity contribution in [1.29, 1.82) is 0 Å². The Morgan fingerprint density at radius 1 is 0.975 bits per heavy atom. The Hall–Kier alpha value is -3.24. The molecule has 1 unspecified atom stereocenters. The summed E-state index contributed by atoms with van der Waals surface area (Å²) in [7, 11) is -5.37. The zero-order valence-corrected chi connectivity index (χ0v) is 21.4. The summed E-state index contributed by atoms with van der Waals surface area (Å²) in [6.07, 6.45) is -10.8. The molecule has 21 nitrogen and oxygen atoms in total. The summed E-state index contributed by atoms with van der Waals surface area (Å²) in [4.78, 5) is 29.3. The van der Waals surface area contributed by atoms with Gasteiger partial charge in [0.2, 0.25) is 0 Å². The number of rotatable bonds is 8. The van der Waals surface area contributed by atoms with Crippen molar-refractivity contribution in [2.45, 2.75) is 61.0 Å². The van der Waals surface area contributed by atoms with E-state index in [0.717, 1.165) is 6.33 Å². The first-order valence-electron chi connectivity index (χ1n) is 11.6. The largest absolute Gasteiger partial charge is 0.756 e. The Labute approximate surface area is 224 Å². The summed E-state index contributed by atoms with van der Waals surface area (Å²) in [5.41, 5.74) is 27.7. The molecule has 222 valence electrons. The summed E-state index contributed by atoms with van der Waals surface area (Å²) in [5.74, 6) is -0.825. The van der Waals surface area contributed by atoms with Crippen LogP contribution in [0, 0.1) is 0 Å². The lowest BCUT2D eigenvalue weighted by Gasteiger charge is -2.43. The van der Waals surface area contributed by atoms with Crippen LogP contribution in [0.3, 0.4) is 0 Å². The van der Waals surface area contributed by atoms with Crippen LogP contribution in [-0.4, -0.2) is 118 Å². The number of aromatic nitrogens is 4. The average molecular weight is 592 g/mol. The van der Waals surface area contributed by atoms with Gasteiger partial charge in [0.15, 0.2) is 17.7 Å². The highest BCUT2D eigenvalue weighted by Gasteiger charge is 2.53. The van der Waals surface area contributed by atoms with Crippen LogP contribution in [0.2, 0.25) is 0 Å². The second-order valence-corrected chi connectivity index (χ2v) is 10.5. The number of anilines is 1. The second-order valence-electron chi connectivity index (χ2n) is 9.16. The van der Waals surface area contributed by atoms with Gasteiger partial charge in [-0.25, -0.2) is 15.0 Å². The van der Waals surface area contributed by atoms with E-state index in [-0.39, 0.29) is 17.0 Å². The van der Waals surface area contributed by atoms with Crippen molar-refractivity contribution in [2.24, 2.45) is 22.9 Å². The molecule has 2 aliphatic rings. The lowest BCUT2D eigenvalue weighted by molar-refractivity contribution is -0.594. The highest BCUT2D eigenvalue weighted by molar-refractivity contribution is 7.45. The molecule has 1 aliphatic carbocycles. The predicted octanol–water partition coefficient (Wildman–Crippen LogP) is -10.6. The number of fused-ring (bicyclic) bond motifs is 1. The second kappa shape index (κ2) is 11.3. The van der Waals surface area contributed by atoms with Gasteiger partial charge in [-0.15, -0.1) is 0 Å². The Balaban J connectivity index is 1.48. The number of phosphoric acid groups is 1. The van der Waals surface area contributed by atoms with E-state index in [1.807, 2.05) is 0 Å². The molecule has 0 bridgehead atoms. The molecule has 2 aromatic rings. The van der Waals surface area contributed by atoms with Gasteiger partial charge in [-0.05, 0) is 0 Å². The summed E-state index contributed by atoms with van der Waals surface area (Å²) in [5, 5.41) is 52.7. The molecule has 17 N–H and O–H groups in total. The van der Waals surface area contributed by atoms with Crippen molar-refractivity contribution < 1.29 is 58.8 Å². The molecule has 1 aliphatic heterocycles. The molecule has 0 radical (unpaired) electrons. The van der Waals surface area contributed by atoms with Gasteiger partial charge < -0.3 is 49.9 Å². The van der Waals surface area contributed by atoms with Gasteiger partial charge in [0.25, 0.3) is 7.82 Å². The average Bonchev–Trinajstić information content (AvgIpc) is 3.43. The summed E-state index contributed by atoms with van der Waals surface area (Å²) >= 11 is 0. The van der Waals surface area contributed by atoms with Crippen LogP contribution in [0.15, 0.2) is 12.7 Å². The molecule has 0 aromatic carbocycles. The van der Waals surface area contributed by atoms with Crippen LogP contribution in [0.4, 0.5) is 5.82 Å². The molecular formula is C18H31N11O10P+. The van der Waals surface area contributed by atoms with Gasteiger partial charge >= 0.3 is 11.9 Å². The Bertz CT molecular complexity index is 1320. The molecule has 1 saturated carbocycles. The van der Waals surface area contributed by atoms with Gasteiger partial charge in [0.1, 0.15) is 66.7 Å². The topological polar surface area (TPSA) is 371 Å². The zero-order valence-electron chi connectivity index (χ0n) is 20.5. The summed E-state index contributed by atoms with van der Waals surface area (Å²) in [6.45, 7) is -0.848. The number of nitrogens with two attached hydrogens (primary N) is 5. The summed E-state index contributed by atoms with van der Waals surface area (Å²) < 4.78 is 29.4. The molecule has 11 atom stereocenters. The van der Waals surface area contributed by atoms with Crippen LogP contribution in [0.25, 0.3) is 11.2 Å². The Morgan fingerprint density at radius 3 is 2.27 bits per heavy atom. The van der Waals surface area contributed by atoms with Crippen molar-refractivity contribution in [2.75, 3.05) is 12.3 Å². The molecule has 1 saturated heterocycles. The maximum Gasteiger partial charge on any atom is 0.339 e. The van der Waals surface area contributed by atoms with Gasteiger partial charge in [0.05, 0.1) is 12.9 Å². The molecule has 0 amide bonds. The monoisotopic (exact) mass is 592 g/mol. The quantitative estimate of drug-likeness (QED) is 0.0768. The van der Waals surface area contributed by atoms with E-state index in [4.69, 9.17) is 42.5 Å². The minimum absolute atomic E-state index is 0.0646. The fraction of sp³-hybridized carbons (Fsp3) is 0.611. The van der Waals surface area contributed by atoms with E-state index < -0.39 is 87.4 Å². The first kappa shape index (κ1) is 29.7. The lowest BCUT2D eigenvalue weighted by Crippen LogP contribution is -2.99. The third-order valence-corrected chi connectivity index (χ3v) is 7.42. The highest BCUT2D eigenvalue weighted by Crippen LogP contribution is 2.43. The van der Waals surface area contributed by atoms with E-state index in [9.17, 15) is 35.0 Å². The number of aliphatic hydroxyl groups is 5. The van der Waals surface area contributed by atoms with E-state index in [2.05, 4.69) is 24.9 Å². The van der Waals surface area contributed by atoms with Crippen LogP contribution in [-0.2, 0) is 18.3 Å².